The quantitative estimate of drug-likeness (QED) is 0.142. The van der Waals surface area contributed by atoms with Gasteiger partial charge in [0, 0.05) is 11.3 Å². The molecule has 0 aliphatic heterocycles. The lowest BCUT2D eigenvalue weighted by atomic mass is 9.83. The fraction of sp³-hybridized carbons (Fsp3) is 0.0270. The zero-order valence-corrected chi connectivity index (χ0v) is 42.2. The Kier molecular flexibility index (Phi) is 10.7. The lowest BCUT2D eigenvalue weighted by Gasteiger charge is -2.20. The second-order valence-corrected chi connectivity index (χ2v) is 20.4. The SMILES string of the molecule is C1=CCCC(c2nnc(-c3ccccc3)n2-c2cccc(-c3c4ccccc4c(-c4cccc(-c5ccc6c(-c7ccc8ccccc8c7)c7ccccc7c(-c7ccc8ccccc8c7)c6c5)c4)c4ccccc34)c2)=C1. The summed E-state index contributed by atoms with van der Waals surface area (Å²) in [5.41, 5.74) is 15.3. The van der Waals surface area contributed by atoms with E-state index >= 15 is 0 Å². The molecule has 3 nitrogen and oxygen atoms in total. The van der Waals surface area contributed by atoms with Crippen LogP contribution >= 0.6 is 0 Å². The molecule has 0 fully saturated rings. The van der Waals surface area contributed by atoms with Gasteiger partial charge in [0.1, 0.15) is 0 Å². The molecule has 0 atom stereocenters. The third kappa shape index (κ3) is 7.58. The summed E-state index contributed by atoms with van der Waals surface area (Å²) >= 11 is 0. The molecule has 1 heterocycles. The van der Waals surface area contributed by atoms with E-state index in [-0.39, 0.29) is 0 Å². The smallest absolute Gasteiger partial charge is 0.168 e. The first-order chi connectivity index (χ1) is 38.2. The van der Waals surface area contributed by atoms with Gasteiger partial charge in [0.25, 0.3) is 0 Å². The molecule has 1 aromatic heterocycles. The number of nitrogens with zero attached hydrogens (tertiary/aromatic N) is 3. The van der Waals surface area contributed by atoms with Gasteiger partial charge in [0.2, 0.25) is 0 Å². The average Bonchev–Trinajstić information content (AvgIpc) is 3.99. The van der Waals surface area contributed by atoms with Gasteiger partial charge in [-0.25, -0.2) is 0 Å². The van der Waals surface area contributed by atoms with Gasteiger partial charge >= 0.3 is 0 Å². The second kappa shape index (κ2) is 18.5. The van der Waals surface area contributed by atoms with Crippen molar-refractivity contribution < 1.29 is 0 Å². The summed E-state index contributed by atoms with van der Waals surface area (Å²) < 4.78 is 2.25. The summed E-state index contributed by atoms with van der Waals surface area (Å²) in [4.78, 5) is 0. The molecule has 1 aliphatic rings. The van der Waals surface area contributed by atoms with Crippen molar-refractivity contribution in [2.45, 2.75) is 12.8 Å². The molecule has 14 aromatic rings. The first-order valence-electron chi connectivity index (χ1n) is 26.7. The van der Waals surface area contributed by atoms with Crippen LogP contribution in [0, 0.1) is 0 Å². The monoisotopic (exact) mass is 979 g/mol. The predicted octanol–water partition coefficient (Wildman–Crippen LogP) is 19.9. The van der Waals surface area contributed by atoms with Gasteiger partial charge < -0.3 is 0 Å². The van der Waals surface area contributed by atoms with Crippen LogP contribution in [0.15, 0.2) is 273 Å². The number of benzene rings is 13. The Morgan fingerprint density at radius 3 is 1.29 bits per heavy atom. The standard InChI is InChI=1S/C74H49N3/c1-3-21-50(22-4-1)73-75-76-74(51-23-5-2-6-24-51)77(73)60-30-18-29-57(46-60)70-63-33-13-11-31-61(63)69(62-32-12-14-34-64(62)70)56-28-17-27-54(45-56)55-41-42-67-68(47-55)72(59-40-38-49-20-8-10-26-53(49)44-59)66-36-16-15-35-65(66)71(67)58-39-37-48-19-7-9-25-52(48)43-58/h1-5,7-23,25-47H,6,24H2. The third-order valence-electron chi connectivity index (χ3n) is 15.9. The van der Waals surface area contributed by atoms with Crippen molar-refractivity contribution in [3.05, 3.63) is 279 Å². The maximum atomic E-state index is 4.86. The summed E-state index contributed by atoms with van der Waals surface area (Å²) in [7, 11) is 0. The van der Waals surface area contributed by atoms with E-state index in [1.807, 2.05) is 6.07 Å². The molecule has 1 aliphatic carbocycles. The molecule has 0 saturated heterocycles. The minimum atomic E-state index is 0.827. The third-order valence-corrected chi connectivity index (χ3v) is 15.9. The molecule has 0 saturated carbocycles. The molecular weight excluding hydrogens is 931 g/mol. The van der Waals surface area contributed by atoms with E-state index < -0.39 is 0 Å². The van der Waals surface area contributed by atoms with Crippen LogP contribution in [0.25, 0.3) is 143 Å². The van der Waals surface area contributed by atoms with Gasteiger partial charge in [-0.15, -0.1) is 10.2 Å². The number of aromatic nitrogens is 3. The number of fused-ring (bicyclic) bond motifs is 6. The van der Waals surface area contributed by atoms with E-state index in [9.17, 15) is 0 Å². The van der Waals surface area contributed by atoms with Crippen molar-refractivity contribution >= 4 is 70.2 Å². The van der Waals surface area contributed by atoms with Crippen LogP contribution in [-0.4, -0.2) is 14.8 Å². The van der Waals surface area contributed by atoms with Crippen LogP contribution in [0.4, 0.5) is 0 Å². The minimum absolute atomic E-state index is 0.827. The largest absolute Gasteiger partial charge is 0.275 e. The van der Waals surface area contributed by atoms with Gasteiger partial charge in [0.05, 0.1) is 0 Å². The first kappa shape index (κ1) is 44.5. The normalized spacial score (nSPS) is 12.6. The van der Waals surface area contributed by atoms with Gasteiger partial charge in [0.15, 0.2) is 11.6 Å². The van der Waals surface area contributed by atoms with E-state index in [0.29, 0.717) is 0 Å². The Balaban J connectivity index is 0.913. The molecule has 15 rings (SSSR count). The molecule has 3 heteroatoms. The topological polar surface area (TPSA) is 30.7 Å². The van der Waals surface area contributed by atoms with Crippen LogP contribution in [0.3, 0.4) is 0 Å². The molecule has 0 bridgehead atoms. The summed E-state index contributed by atoms with van der Waals surface area (Å²) in [5.74, 6) is 1.71. The lowest BCUT2D eigenvalue weighted by Crippen LogP contribution is -2.04. The molecule has 0 spiro atoms. The Bertz CT molecular complexity index is 4690. The van der Waals surface area contributed by atoms with Crippen LogP contribution in [0.2, 0.25) is 0 Å². The van der Waals surface area contributed by atoms with E-state index in [4.69, 9.17) is 10.2 Å². The van der Waals surface area contributed by atoms with Crippen LogP contribution < -0.4 is 0 Å². The van der Waals surface area contributed by atoms with Crippen molar-refractivity contribution in [3.8, 4) is 72.7 Å². The zero-order valence-electron chi connectivity index (χ0n) is 42.2. The minimum Gasteiger partial charge on any atom is -0.275 e. The van der Waals surface area contributed by atoms with Crippen molar-refractivity contribution in [3.63, 3.8) is 0 Å². The van der Waals surface area contributed by atoms with Gasteiger partial charge in [-0.1, -0.05) is 237 Å². The average molecular weight is 980 g/mol. The van der Waals surface area contributed by atoms with Gasteiger partial charge in [-0.05, 0) is 175 Å². The number of hydrogen-bond donors (Lipinski definition) is 0. The molecule has 0 radical (unpaired) electrons. The first-order valence-corrected chi connectivity index (χ1v) is 26.7. The Morgan fingerprint density at radius 1 is 0.286 bits per heavy atom. The predicted molar refractivity (Wildman–Crippen MR) is 325 cm³/mol. The van der Waals surface area contributed by atoms with Gasteiger partial charge in [-0.2, -0.15) is 0 Å². The van der Waals surface area contributed by atoms with Crippen molar-refractivity contribution in [2.24, 2.45) is 0 Å². The molecular formula is C74H49N3. The maximum absolute atomic E-state index is 4.86. The van der Waals surface area contributed by atoms with E-state index in [2.05, 4.69) is 272 Å². The summed E-state index contributed by atoms with van der Waals surface area (Å²) in [6.45, 7) is 0. The van der Waals surface area contributed by atoms with Crippen LogP contribution in [0.5, 0.6) is 0 Å². The maximum Gasteiger partial charge on any atom is 0.168 e. The van der Waals surface area contributed by atoms with Crippen molar-refractivity contribution in [2.75, 3.05) is 0 Å². The molecule has 77 heavy (non-hydrogen) atoms. The van der Waals surface area contributed by atoms with Gasteiger partial charge in [-0.3, -0.25) is 4.57 Å². The highest BCUT2D eigenvalue weighted by molar-refractivity contribution is 6.24. The van der Waals surface area contributed by atoms with E-state index in [1.54, 1.807) is 0 Å². The summed E-state index contributed by atoms with van der Waals surface area (Å²) in [5, 5.41) is 24.4. The highest BCUT2D eigenvalue weighted by Crippen LogP contribution is 2.48. The molecule has 0 N–H and O–H groups in total. The summed E-state index contributed by atoms with van der Waals surface area (Å²) in [6, 6.07) is 93.9. The Labute approximate surface area is 447 Å². The number of allylic oxidation sites excluding steroid dienone is 4. The molecule has 0 amide bonds. The van der Waals surface area contributed by atoms with E-state index in [0.717, 1.165) is 41.3 Å². The van der Waals surface area contributed by atoms with Crippen molar-refractivity contribution in [1.29, 1.82) is 0 Å². The Morgan fingerprint density at radius 2 is 0.714 bits per heavy atom. The molecule has 360 valence electrons. The highest BCUT2D eigenvalue weighted by Gasteiger charge is 2.23. The number of rotatable bonds is 8. The zero-order chi connectivity index (χ0) is 50.8. The fourth-order valence-corrected chi connectivity index (χ4v) is 12.4. The van der Waals surface area contributed by atoms with Crippen molar-refractivity contribution in [1.82, 2.24) is 14.8 Å². The second-order valence-electron chi connectivity index (χ2n) is 20.4. The lowest BCUT2D eigenvalue weighted by molar-refractivity contribution is 0.964. The molecule has 13 aromatic carbocycles. The Hall–Kier alpha value is -9.96. The highest BCUT2D eigenvalue weighted by atomic mass is 15.3. The summed E-state index contributed by atoms with van der Waals surface area (Å²) in [6.07, 6.45) is 8.44. The van der Waals surface area contributed by atoms with Crippen LogP contribution in [-0.2, 0) is 0 Å². The van der Waals surface area contributed by atoms with Crippen LogP contribution in [0.1, 0.15) is 18.7 Å². The molecule has 0 unspecified atom stereocenters. The number of hydrogen-bond acceptors (Lipinski definition) is 2. The fourth-order valence-electron chi connectivity index (χ4n) is 12.4. The van der Waals surface area contributed by atoms with E-state index in [1.165, 1.54) is 120 Å².